The highest BCUT2D eigenvalue weighted by atomic mass is 28.4. The molecule has 1 aliphatic rings. The maximum absolute atomic E-state index is 11.3. The first kappa shape index (κ1) is 19.6. The largest absolute Gasteiger partial charge is 0.462 e. The third kappa shape index (κ3) is 5.33. The van der Waals surface area contributed by atoms with Crippen molar-refractivity contribution < 1.29 is 18.4 Å². The van der Waals surface area contributed by atoms with Crippen molar-refractivity contribution in [3.05, 3.63) is 12.2 Å². The Morgan fingerprint density at radius 2 is 2.00 bits per heavy atom. The monoisotopic (exact) mass is 344 g/mol. The first-order valence-electron chi connectivity index (χ1n) is 8.11. The minimum Gasteiger partial charge on any atom is -0.462 e. The standard InChI is InChI=1S/C16H32O4Si2/c1-13(2)15(17)18-10-9-11-21(6,7)20-16(5)12-22(16,8)19-14(3)4/h14H,1,9-12H2,2-8H3. The smallest absolute Gasteiger partial charge is 0.333 e. The van der Waals surface area contributed by atoms with Crippen LogP contribution in [0.3, 0.4) is 0 Å². The molecule has 0 aromatic rings. The minimum absolute atomic E-state index is 0.0403. The van der Waals surface area contributed by atoms with E-state index in [4.69, 9.17) is 13.6 Å². The second-order valence-corrected chi connectivity index (χ2v) is 16.0. The normalized spacial score (nSPS) is 27.8. The fraction of sp³-hybridized carbons (Fsp3) is 0.812. The van der Waals surface area contributed by atoms with Gasteiger partial charge in [0.2, 0.25) is 8.32 Å². The van der Waals surface area contributed by atoms with Gasteiger partial charge in [-0.3, -0.25) is 0 Å². The van der Waals surface area contributed by atoms with Crippen molar-refractivity contribution in [2.45, 2.75) is 77.2 Å². The van der Waals surface area contributed by atoms with Gasteiger partial charge in [-0.15, -0.1) is 0 Å². The van der Waals surface area contributed by atoms with Crippen LogP contribution in [0.2, 0.25) is 31.7 Å². The minimum atomic E-state index is -1.77. The average Bonchev–Trinajstić information content (AvgIpc) is 2.82. The van der Waals surface area contributed by atoms with Gasteiger partial charge in [0.1, 0.15) is 0 Å². The highest BCUT2D eigenvalue weighted by molar-refractivity contribution is 6.87. The fourth-order valence-electron chi connectivity index (χ4n) is 2.88. The van der Waals surface area contributed by atoms with Crippen LogP contribution >= 0.6 is 0 Å². The molecule has 0 aromatic carbocycles. The molecule has 1 fully saturated rings. The van der Waals surface area contributed by atoms with E-state index in [-0.39, 0.29) is 17.3 Å². The van der Waals surface area contributed by atoms with E-state index in [0.29, 0.717) is 12.2 Å². The number of rotatable bonds is 9. The van der Waals surface area contributed by atoms with E-state index in [2.05, 4.69) is 47.0 Å². The van der Waals surface area contributed by atoms with Crippen LogP contribution in [0, 0.1) is 0 Å². The second kappa shape index (κ2) is 6.99. The lowest BCUT2D eigenvalue weighted by Gasteiger charge is -2.30. The number of carbonyl (C=O) groups excluding carboxylic acids is 1. The van der Waals surface area contributed by atoms with Gasteiger partial charge in [0.05, 0.1) is 11.8 Å². The number of esters is 1. The van der Waals surface area contributed by atoms with E-state index in [1.54, 1.807) is 6.92 Å². The van der Waals surface area contributed by atoms with E-state index in [0.717, 1.165) is 18.5 Å². The van der Waals surface area contributed by atoms with Gasteiger partial charge in [-0.2, -0.15) is 0 Å². The highest BCUT2D eigenvalue weighted by Crippen LogP contribution is 2.52. The molecule has 1 aliphatic heterocycles. The molecule has 0 saturated carbocycles. The van der Waals surface area contributed by atoms with Crippen molar-refractivity contribution in [3.8, 4) is 0 Å². The zero-order valence-corrected chi connectivity index (χ0v) is 17.2. The molecule has 4 nitrogen and oxygen atoms in total. The molecule has 0 N–H and O–H groups in total. The molecular formula is C16H32O4Si2. The molecule has 1 saturated heterocycles. The molecule has 2 unspecified atom stereocenters. The van der Waals surface area contributed by atoms with E-state index in [1.807, 2.05) is 0 Å². The zero-order chi connectivity index (χ0) is 17.2. The van der Waals surface area contributed by atoms with Crippen LogP contribution in [0.25, 0.3) is 0 Å². The molecule has 0 aliphatic carbocycles. The molecule has 0 amide bonds. The SMILES string of the molecule is C=C(C)C(=O)OCCC[Si](C)(C)OC1(C)C[Si]1(C)OC(C)C. The Morgan fingerprint density at radius 1 is 1.41 bits per heavy atom. The summed E-state index contributed by atoms with van der Waals surface area (Å²) in [6.45, 7) is 18.8. The van der Waals surface area contributed by atoms with Gasteiger partial charge in [0.15, 0.2) is 8.32 Å². The van der Waals surface area contributed by atoms with Crippen molar-refractivity contribution in [1.29, 1.82) is 0 Å². The summed E-state index contributed by atoms with van der Waals surface area (Å²) in [7, 11) is -3.47. The summed E-state index contributed by atoms with van der Waals surface area (Å²) in [4.78, 5) is 11.3. The molecule has 6 heteroatoms. The molecule has 1 rings (SSSR count). The van der Waals surface area contributed by atoms with Crippen molar-refractivity contribution >= 4 is 22.6 Å². The zero-order valence-electron chi connectivity index (χ0n) is 15.2. The maximum atomic E-state index is 11.3. The van der Waals surface area contributed by atoms with Gasteiger partial charge in [-0.05, 0) is 65.8 Å². The quantitative estimate of drug-likeness (QED) is 0.274. The fourth-order valence-corrected chi connectivity index (χ4v) is 10.5. The first-order valence-corrected chi connectivity index (χ1v) is 13.8. The van der Waals surface area contributed by atoms with Gasteiger partial charge >= 0.3 is 5.97 Å². The summed E-state index contributed by atoms with van der Waals surface area (Å²) in [5.41, 5.74) is 0.450. The predicted molar refractivity (Wildman–Crippen MR) is 94.8 cm³/mol. The Kier molecular flexibility index (Phi) is 6.23. The lowest BCUT2D eigenvalue weighted by Crippen LogP contribution is -2.42. The van der Waals surface area contributed by atoms with E-state index >= 15 is 0 Å². The van der Waals surface area contributed by atoms with Crippen LogP contribution in [0.4, 0.5) is 0 Å². The van der Waals surface area contributed by atoms with Crippen molar-refractivity contribution in [2.24, 2.45) is 0 Å². The number of carbonyl (C=O) groups is 1. The average molecular weight is 345 g/mol. The molecule has 0 bridgehead atoms. The first-order chi connectivity index (χ1) is 9.91. The molecule has 22 heavy (non-hydrogen) atoms. The van der Waals surface area contributed by atoms with E-state index in [9.17, 15) is 4.79 Å². The lowest BCUT2D eigenvalue weighted by atomic mass is 10.4. The summed E-state index contributed by atoms with van der Waals surface area (Å²) in [5, 5.41) is -0.0403. The molecule has 1 heterocycles. The van der Waals surface area contributed by atoms with Gasteiger partial charge in [-0.25, -0.2) is 4.79 Å². The Balaban J connectivity index is 2.39. The van der Waals surface area contributed by atoms with Crippen LogP contribution in [0.1, 0.15) is 34.1 Å². The van der Waals surface area contributed by atoms with Gasteiger partial charge in [0, 0.05) is 11.7 Å². The predicted octanol–water partition coefficient (Wildman–Crippen LogP) is 4.03. The topological polar surface area (TPSA) is 44.8 Å². The second-order valence-electron chi connectivity index (χ2n) is 7.69. The molecule has 2 atom stereocenters. The Labute approximate surface area is 137 Å². The molecule has 0 spiro atoms. The van der Waals surface area contributed by atoms with E-state index < -0.39 is 16.6 Å². The summed E-state index contributed by atoms with van der Waals surface area (Å²) in [6, 6.07) is 2.07. The third-order valence-corrected chi connectivity index (χ3v) is 11.4. The third-order valence-electron chi connectivity index (χ3n) is 4.17. The number of hydrogen-bond donors (Lipinski definition) is 0. The van der Waals surface area contributed by atoms with Crippen molar-refractivity contribution in [2.75, 3.05) is 6.61 Å². The lowest BCUT2D eigenvalue weighted by molar-refractivity contribution is -0.138. The highest BCUT2D eigenvalue weighted by Gasteiger charge is 2.68. The Bertz CT molecular complexity index is 436. The van der Waals surface area contributed by atoms with E-state index in [1.165, 1.54) is 0 Å². The van der Waals surface area contributed by atoms with Crippen LogP contribution in [0.15, 0.2) is 12.2 Å². The summed E-state index contributed by atoms with van der Waals surface area (Å²) < 4.78 is 17.8. The van der Waals surface area contributed by atoms with Crippen molar-refractivity contribution in [1.82, 2.24) is 0 Å². The number of ether oxygens (including phenoxy) is 1. The maximum Gasteiger partial charge on any atom is 0.333 e. The molecule has 128 valence electrons. The Hall–Kier alpha value is -0.436. The van der Waals surface area contributed by atoms with Crippen molar-refractivity contribution in [3.63, 3.8) is 0 Å². The van der Waals surface area contributed by atoms with Crippen LogP contribution in [-0.4, -0.2) is 40.5 Å². The van der Waals surface area contributed by atoms with Gasteiger partial charge in [0.25, 0.3) is 0 Å². The number of hydrogen-bond acceptors (Lipinski definition) is 4. The van der Waals surface area contributed by atoms with Crippen LogP contribution in [-0.2, 0) is 18.4 Å². The Morgan fingerprint density at radius 3 is 2.50 bits per heavy atom. The van der Waals surface area contributed by atoms with Crippen LogP contribution in [0.5, 0.6) is 0 Å². The molecular weight excluding hydrogens is 312 g/mol. The van der Waals surface area contributed by atoms with Gasteiger partial charge < -0.3 is 13.6 Å². The van der Waals surface area contributed by atoms with Crippen LogP contribution < -0.4 is 0 Å². The molecule has 0 aromatic heterocycles. The summed E-state index contributed by atoms with van der Waals surface area (Å²) >= 11 is 0. The summed E-state index contributed by atoms with van der Waals surface area (Å²) in [6.07, 6.45) is 1.12. The van der Waals surface area contributed by atoms with Gasteiger partial charge in [-0.1, -0.05) is 6.58 Å². The summed E-state index contributed by atoms with van der Waals surface area (Å²) in [5.74, 6) is -0.306. The molecule has 0 radical (unpaired) electrons.